The molecule has 92 valence electrons. The molecule has 0 aliphatic rings. The number of aromatic nitrogens is 1. The standard InChI is InChI=1S/C14H26N2/c1-10-8-13(11(2)16(10)7)9-15-12(3)14(4,5)6/h8,12,15H,9H2,1-7H3. The van der Waals surface area contributed by atoms with Crippen molar-refractivity contribution in [1.82, 2.24) is 9.88 Å². The lowest BCUT2D eigenvalue weighted by Crippen LogP contribution is -2.37. The van der Waals surface area contributed by atoms with Crippen LogP contribution in [-0.2, 0) is 13.6 Å². The van der Waals surface area contributed by atoms with E-state index >= 15 is 0 Å². The van der Waals surface area contributed by atoms with Crippen molar-refractivity contribution in [1.29, 1.82) is 0 Å². The highest BCUT2D eigenvalue weighted by atomic mass is 15.0. The Morgan fingerprint density at radius 2 is 1.88 bits per heavy atom. The van der Waals surface area contributed by atoms with Crippen molar-refractivity contribution in [2.45, 2.75) is 54.1 Å². The SMILES string of the molecule is Cc1cc(CNC(C)C(C)(C)C)c(C)n1C. The highest BCUT2D eigenvalue weighted by Gasteiger charge is 2.19. The summed E-state index contributed by atoms with van der Waals surface area (Å²) in [5.74, 6) is 0. The summed E-state index contributed by atoms with van der Waals surface area (Å²) in [6.07, 6.45) is 0. The highest BCUT2D eigenvalue weighted by molar-refractivity contribution is 5.26. The lowest BCUT2D eigenvalue weighted by molar-refractivity contribution is 0.285. The van der Waals surface area contributed by atoms with Crippen LogP contribution in [0.2, 0.25) is 0 Å². The minimum absolute atomic E-state index is 0.317. The van der Waals surface area contributed by atoms with Crippen molar-refractivity contribution < 1.29 is 0 Å². The van der Waals surface area contributed by atoms with Crippen molar-refractivity contribution >= 4 is 0 Å². The Morgan fingerprint density at radius 3 is 2.25 bits per heavy atom. The first-order valence-electron chi connectivity index (χ1n) is 6.08. The molecule has 0 aliphatic heterocycles. The number of nitrogens with one attached hydrogen (secondary N) is 1. The van der Waals surface area contributed by atoms with Crippen molar-refractivity contribution in [3.05, 3.63) is 23.0 Å². The molecule has 2 nitrogen and oxygen atoms in total. The van der Waals surface area contributed by atoms with Gasteiger partial charge in [0.2, 0.25) is 0 Å². The lowest BCUT2D eigenvalue weighted by atomic mass is 9.88. The molecule has 1 unspecified atom stereocenters. The van der Waals surface area contributed by atoms with Crippen LogP contribution in [0.5, 0.6) is 0 Å². The quantitative estimate of drug-likeness (QED) is 0.831. The molecule has 1 aromatic heterocycles. The van der Waals surface area contributed by atoms with Gasteiger partial charge < -0.3 is 9.88 Å². The summed E-state index contributed by atoms with van der Waals surface area (Å²) in [6.45, 7) is 14.4. The maximum atomic E-state index is 3.61. The minimum Gasteiger partial charge on any atom is -0.352 e. The Hall–Kier alpha value is -0.760. The molecule has 1 aromatic rings. The van der Waals surface area contributed by atoms with Gasteiger partial charge >= 0.3 is 0 Å². The summed E-state index contributed by atoms with van der Waals surface area (Å²) < 4.78 is 2.25. The van der Waals surface area contributed by atoms with Crippen LogP contribution >= 0.6 is 0 Å². The van der Waals surface area contributed by atoms with E-state index in [1.807, 2.05) is 0 Å². The fourth-order valence-electron chi connectivity index (χ4n) is 1.68. The number of nitrogens with zero attached hydrogens (tertiary/aromatic N) is 1. The first kappa shape index (κ1) is 13.3. The molecule has 0 spiro atoms. The maximum absolute atomic E-state index is 3.61. The Morgan fingerprint density at radius 1 is 1.31 bits per heavy atom. The number of hydrogen-bond acceptors (Lipinski definition) is 1. The van der Waals surface area contributed by atoms with Gasteiger partial charge in [0.1, 0.15) is 0 Å². The van der Waals surface area contributed by atoms with Crippen LogP contribution in [0.4, 0.5) is 0 Å². The normalized spacial score (nSPS) is 14.2. The molecule has 0 bridgehead atoms. The van der Waals surface area contributed by atoms with E-state index in [2.05, 4.69) is 64.5 Å². The average molecular weight is 222 g/mol. The first-order chi connectivity index (χ1) is 7.23. The van der Waals surface area contributed by atoms with Crippen molar-refractivity contribution in [3.63, 3.8) is 0 Å². The van der Waals surface area contributed by atoms with Crippen LogP contribution in [0, 0.1) is 19.3 Å². The second-order valence-corrected chi connectivity index (χ2v) is 5.92. The third-order valence-corrected chi connectivity index (χ3v) is 3.78. The summed E-state index contributed by atoms with van der Waals surface area (Å²) in [7, 11) is 2.13. The summed E-state index contributed by atoms with van der Waals surface area (Å²) in [4.78, 5) is 0. The van der Waals surface area contributed by atoms with Crippen LogP contribution in [0.3, 0.4) is 0 Å². The molecule has 1 atom stereocenters. The fraction of sp³-hybridized carbons (Fsp3) is 0.714. The van der Waals surface area contributed by atoms with E-state index in [4.69, 9.17) is 0 Å². The smallest absolute Gasteiger partial charge is 0.0226 e. The van der Waals surface area contributed by atoms with Gasteiger partial charge in [0.05, 0.1) is 0 Å². The predicted octanol–water partition coefficient (Wildman–Crippen LogP) is 3.17. The third-order valence-electron chi connectivity index (χ3n) is 3.78. The van der Waals surface area contributed by atoms with E-state index in [1.165, 1.54) is 17.0 Å². The average Bonchev–Trinajstić information content (AvgIpc) is 2.41. The Labute approximate surface area is 100 Å². The molecule has 0 radical (unpaired) electrons. The van der Waals surface area contributed by atoms with E-state index in [9.17, 15) is 0 Å². The minimum atomic E-state index is 0.317. The van der Waals surface area contributed by atoms with Crippen molar-refractivity contribution in [2.24, 2.45) is 12.5 Å². The molecule has 0 saturated carbocycles. The van der Waals surface area contributed by atoms with Gasteiger partial charge in [0.15, 0.2) is 0 Å². The monoisotopic (exact) mass is 222 g/mol. The van der Waals surface area contributed by atoms with Crippen LogP contribution < -0.4 is 5.32 Å². The van der Waals surface area contributed by atoms with Gasteiger partial charge in [-0.1, -0.05) is 20.8 Å². The molecule has 1 heterocycles. The second-order valence-electron chi connectivity index (χ2n) is 5.92. The molecular weight excluding hydrogens is 196 g/mol. The van der Waals surface area contributed by atoms with E-state index in [0.29, 0.717) is 11.5 Å². The summed E-state index contributed by atoms with van der Waals surface area (Å²) in [6, 6.07) is 2.80. The second kappa shape index (κ2) is 4.62. The van der Waals surface area contributed by atoms with Crippen LogP contribution in [0.15, 0.2) is 6.07 Å². The molecule has 0 amide bonds. The van der Waals surface area contributed by atoms with Gasteiger partial charge in [-0.15, -0.1) is 0 Å². The van der Waals surface area contributed by atoms with Crippen LogP contribution in [0.25, 0.3) is 0 Å². The third kappa shape index (κ3) is 2.88. The summed E-state index contributed by atoms with van der Waals surface area (Å²) in [5, 5.41) is 3.61. The molecule has 16 heavy (non-hydrogen) atoms. The molecule has 0 saturated heterocycles. The Kier molecular flexibility index (Phi) is 3.84. The first-order valence-corrected chi connectivity index (χ1v) is 6.08. The Balaban J connectivity index is 2.65. The van der Waals surface area contributed by atoms with Gasteiger partial charge in [-0.3, -0.25) is 0 Å². The van der Waals surface area contributed by atoms with Gasteiger partial charge in [-0.25, -0.2) is 0 Å². The predicted molar refractivity (Wildman–Crippen MR) is 70.6 cm³/mol. The lowest BCUT2D eigenvalue weighted by Gasteiger charge is -2.28. The number of rotatable bonds is 3. The van der Waals surface area contributed by atoms with Crippen LogP contribution in [0.1, 0.15) is 44.6 Å². The highest BCUT2D eigenvalue weighted by Crippen LogP contribution is 2.20. The van der Waals surface area contributed by atoms with E-state index < -0.39 is 0 Å². The van der Waals surface area contributed by atoms with Gasteiger partial charge in [0, 0.05) is 31.0 Å². The number of aryl methyl sites for hydroxylation is 1. The summed E-state index contributed by atoms with van der Waals surface area (Å²) in [5.41, 5.74) is 4.43. The molecule has 1 rings (SSSR count). The molecule has 0 fully saturated rings. The zero-order valence-corrected chi connectivity index (χ0v) is 11.8. The van der Waals surface area contributed by atoms with Crippen LogP contribution in [-0.4, -0.2) is 10.6 Å². The molecule has 0 aromatic carbocycles. The van der Waals surface area contributed by atoms with E-state index in [1.54, 1.807) is 0 Å². The van der Waals surface area contributed by atoms with Gasteiger partial charge in [-0.05, 0) is 37.8 Å². The van der Waals surface area contributed by atoms with E-state index in [0.717, 1.165) is 6.54 Å². The topological polar surface area (TPSA) is 17.0 Å². The van der Waals surface area contributed by atoms with E-state index in [-0.39, 0.29) is 0 Å². The fourth-order valence-corrected chi connectivity index (χ4v) is 1.68. The van der Waals surface area contributed by atoms with Gasteiger partial charge in [-0.2, -0.15) is 0 Å². The van der Waals surface area contributed by atoms with Crippen molar-refractivity contribution in [2.75, 3.05) is 0 Å². The van der Waals surface area contributed by atoms with Gasteiger partial charge in [0.25, 0.3) is 0 Å². The molecule has 0 aliphatic carbocycles. The van der Waals surface area contributed by atoms with Crippen molar-refractivity contribution in [3.8, 4) is 0 Å². The number of hydrogen-bond donors (Lipinski definition) is 1. The zero-order chi connectivity index (χ0) is 12.5. The maximum Gasteiger partial charge on any atom is 0.0226 e. The molecule has 2 heteroatoms. The molecule has 1 N–H and O–H groups in total. The Bertz CT molecular complexity index is 356. The zero-order valence-electron chi connectivity index (χ0n) is 11.8. The summed E-state index contributed by atoms with van der Waals surface area (Å²) >= 11 is 0. The molecular formula is C14H26N2. The largest absolute Gasteiger partial charge is 0.352 e.